The lowest BCUT2D eigenvalue weighted by Crippen LogP contribution is -2.50. The van der Waals surface area contributed by atoms with Crippen LogP contribution in [0.5, 0.6) is 0 Å². The third-order valence-electron chi connectivity index (χ3n) is 4.30. The van der Waals surface area contributed by atoms with Gasteiger partial charge in [-0.05, 0) is 50.4 Å². The van der Waals surface area contributed by atoms with E-state index in [-0.39, 0.29) is 5.60 Å². The van der Waals surface area contributed by atoms with Crippen molar-refractivity contribution in [2.75, 3.05) is 37.7 Å². The summed E-state index contributed by atoms with van der Waals surface area (Å²) in [7, 11) is 0. The lowest BCUT2D eigenvalue weighted by molar-refractivity contribution is -0.0907. The smallest absolute Gasteiger partial charge is 0.0795 e. The Kier molecular flexibility index (Phi) is 6.00. The van der Waals surface area contributed by atoms with Crippen molar-refractivity contribution in [2.24, 2.45) is 11.7 Å². The highest BCUT2D eigenvalue weighted by atomic mass is 32.2. The molecule has 3 nitrogen and oxygen atoms in total. The number of ether oxygens (including phenoxy) is 1. The van der Waals surface area contributed by atoms with E-state index >= 15 is 0 Å². The summed E-state index contributed by atoms with van der Waals surface area (Å²) in [5, 5.41) is 0. The number of rotatable bonds is 6. The Morgan fingerprint density at radius 2 is 2.32 bits per heavy atom. The molecule has 2 N–H and O–H groups in total. The highest BCUT2D eigenvalue weighted by Crippen LogP contribution is 2.39. The summed E-state index contributed by atoms with van der Waals surface area (Å²) < 4.78 is 6.14. The van der Waals surface area contributed by atoms with Crippen LogP contribution in [-0.2, 0) is 4.74 Å². The topological polar surface area (TPSA) is 38.5 Å². The van der Waals surface area contributed by atoms with Gasteiger partial charge in [-0.3, -0.25) is 4.90 Å². The predicted octanol–water partition coefficient (Wildman–Crippen LogP) is 2.35. The number of hydrogen-bond donors (Lipinski definition) is 1. The Balaban J connectivity index is 1.94. The van der Waals surface area contributed by atoms with Crippen molar-refractivity contribution in [3.8, 4) is 0 Å². The quantitative estimate of drug-likeness (QED) is 0.813. The summed E-state index contributed by atoms with van der Waals surface area (Å²) in [6.07, 6.45) is 4.80. The van der Waals surface area contributed by atoms with Crippen molar-refractivity contribution in [1.82, 2.24) is 4.90 Å². The molecule has 2 aliphatic heterocycles. The highest BCUT2D eigenvalue weighted by Gasteiger charge is 2.41. The molecule has 0 radical (unpaired) electrons. The fourth-order valence-electron chi connectivity index (χ4n) is 3.36. The number of nitrogens with two attached hydrogens (primary N) is 1. The Labute approximate surface area is 122 Å². The van der Waals surface area contributed by atoms with Crippen LogP contribution in [0.3, 0.4) is 0 Å². The minimum Gasteiger partial charge on any atom is -0.374 e. The number of nitrogens with zero attached hydrogens (tertiary/aromatic N) is 1. The average Bonchev–Trinajstić information content (AvgIpc) is 2.82. The van der Waals surface area contributed by atoms with Crippen LogP contribution in [0.1, 0.15) is 39.5 Å². The van der Waals surface area contributed by atoms with Crippen molar-refractivity contribution < 1.29 is 4.74 Å². The molecular weight excluding hydrogens is 256 g/mol. The summed E-state index contributed by atoms with van der Waals surface area (Å²) in [5.41, 5.74) is 5.90. The molecule has 0 aromatic carbocycles. The average molecular weight is 286 g/mol. The molecule has 0 aliphatic carbocycles. The molecule has 1 spiro atoms. The molecule has 2 fully saturated rings. The van der Waals surface area contributed by atoms with Crippen LogP contribution in [0, 0.1) is 5.92 Å². The van der Waals surface area contributed by atoms with Crippen LogP contribution in [0.4, 0.5) is 0 Å². The summed E-state index contributed by atoms with van der Waals surface area (Å²) >= 11 is 2.06. The molecule has 0 aromatic rings. The summed E-state index contributed by atoms with van der Waals surface area (Å²) in [5.74, 6) is 3.21. The second-order valence-electron chi connectivity index (χ2n) is 6.51. The van der Waals surface area contributed by atoms with Gasteiger partial charge >= 0.3 is 0 Å². The summed E-state index contributed by atoms with van der Waals surface area (Å²) in [6, 6.07) is 0.710. The molecule has 2 rings (SSSR count). The number of hydrogen-bond acceptors (Lipinski definition) is 4. The maximum Gasteiger partial charge on any atom is 0.0795 e. The third-order valence-corrected chi connectivity index (χ3v) is 5.52. The summed E-state index contributed by atoms with van der Waals surface area (Å²) in [6.45, 7) is 8.74. The van der Waals surface area contributed by atoms with Crippen molar-refractivity contribution >= 4 is 11.8 Å². The second-order valence-corrected chi connectivity index (χ2v) is 7.62. The maximum absolute atomic E-state index is 6.14. The minimum atomic E-state index is 0.200. The normalized spacial score (nSPS) is 31.7. The SMILES string of the molecule is CC(C)CN(CCCN)C1CCOC2(CCSC2)C1. The molecule has 4 heteroatoms. The van der Waals surface area contributed by atoms with E-state index in [9.17, 15) is 0 Å². The van der Waals surface area contributed by atoms with E-state index in [1.165, 1.54) is 37.3 Å². The monoisotopic (exact) mass is 286 g/mol. The van der Waals surface area contributed by atoms with E-state index in [0.717, 1.165) is 32.0 Å². The Bertz CT molecular complexity index is 267. The van der Waals surface area contributed by atoms with Crippen LogP contribution in [-0.4, -0.2) is 54.3 Å². The van der Waals surface area contributed by atoms with Crippen molar-refractivity contribution in [2.45, 2.75) is 51.2 Å². The molecule has 2 unspecified atom stereocenters. The Morgan fingerprint density at radius 1 is 1.47 bits per heavy atom. The first kappa shape index (κ1) is 15.6. The molecule has 112 valence electrons. The molecule has 2 atom stereocenters. The first-order valence-corrected chi connectivity index (χ1v) is 8.96. The summed E-state index contributed by atoms with van der Waals surface area (Å²) in [4.78, 5) is 2.69. The van der Waals surface area contributed by atoms with Gasteiger partial charge in [-0.1, -0.05) is 13.8 Å². The zero-order valence-corrected chi connectivity index (χ0v) is 13.4. The maximum atomic E-state index is 6.14. The van der Waals surface area contributed by atoms with E-state index in [2.05, 4.69) is 30.5 Å². The lowest BCUT2D eigenvalue weighted by atomic mass is 9.88. The molecule has 2 aliphatic rings. The van der Waals surface area contributed by atoms with E-state index < -0.39 is 0 Å². The zero-order chi connectivity index (χ0) is 13.7. The van der Waals surface area contributed by atoms with Gasteiger partial charge in [0.25, 0.3) is 0 Å². The van der Waals surface area contributed by atoms with Crippen LogP contribution in [0.2, 0.25) is 0 Å². The van der Waals surface area contributed by atoms with Gasteiger partial charge in [-0.2, -0.15) is 11.8 Å². The molecule has 0 bridgehead atoms. The first-order valence-electron chi connectivity index (χ1n) is 7.81. The first-order chi connectivity index (χ1) is 9.15. The van der Waals surface area contributed by atoms with Gasteiger partial charge in [0, 0.05) is 24.9 Å². The molecule has 0 saturated carbocycles. The van der Waals surface area contributed by atoms with Crippen molar-refractivity contribution in [3.63, 3.8) is 0 Å². The lowest BCUT2D eigenvalue weighted by Gasteiger charge is -2.43. The predicted molar refractivity (Wildman–Crippen MR) is 83.7 cm³/mol. The van der Waals surface area contributed by atoms with Gasteiger partial charge in [0.15, 0.2) is 0 Å². The van der Waals surface area contributed by atoms with Gasteiger partial charge < -0.3 is 10.5 Å². The molecular formula is C15H30N2OS. The van der Waals surface area contributed by atoms with Gasteiger partial charge in [-0.15, -0.1) is 0 Å². The van der Waals surface area contributed by atoms with E-state index in [1.54, 1.807) is 0 Å². The zero-order valence-electron chi connectivity index (χ0n) is 12.6. The number of thioether (sulfide) groups is 1. The third kappa shape index (κ3) is 4.35. The highest BCUT2D eigenvalue weighted by molar-refractivity contribution is 7.99. The largest absolute Gasteiger partial charge is 0.374 e. The van der Waals surface area contributed by atoms with Crippen molar-refractivity contribution in [1.29, 1.82) is 0 Å². The van der Waals surface area contributed by atoms with Crippen LogP contribution in [0.15, 0.2) is 0 Å². The van der Waals surface area contributed by atoms with Crippen LogP contribution < -0.4 is 5.73 Å². The van der Waals surface area contributed by atoms with E-state index in [1.807, 2.05) is 0 Å². The van der Waals surface area contributed by atoms with Gasteiger partial charge in [0.1, 0.15) is 0 Å². The van der Waals surface area contributed by atoms with Crippen molar-refractivity contribution in [3.05, 3.63) is 0 Å². The molecule has 0 amide bonds. The van der Waals surface area contributed by atoms with Gasteiger partial charge in [-0.25, -0.2) is 0 Å². The Morgan fingerprint density at radius 3 is 2.95 bits per heavy atom. The second kappa shape index (κ2) is 7.30. The van der Waals surface area contributed by atoms with Gasteiger partial charge in [0.2, 0.25) is 0 Å². The fraction of sp³-hybridized carbons (Fsp3) is 1.00. The van der Waals surface area contributed by atoms with Crippen LogP contribution in [0.25, 0.3) is 0 Å². The standard InChI is InChI=1S/C15H30N2OS/c1-13(2)11-17(7-3-6-16)14-4-8-18-15(10-14)5-9-19-12-15/h13-14H,3-12,16H2,1-2H3. The van der Waals surface area contributed by atoms with E-state index in [0.29, 0.717) is 6.04 Å². The van der Waals surface area contributed by atoms with E-state index in [4.69, 9.17) is 10.5 Å². The Hall–Kier alpha value is 0.230. The molecule has 2 saturated heterocycles. The molecule has 2 heterocycles. The molecule has 19 heavy (non-hydrogen) atoms. The molecule has 0 aromatic heterocycles. The fourth-order valence-corrected chi connectivity index (χ4v) is 4.74. The van der Waals surface area contributed by atoms with Gasteiger partial charge in [0.05, 0.1) is 5.60 Å². The van der Waals surface area contributed by atoms with Crippen LogP contribution >= 0.6 is 11.8 Å². The minimum absolute atomic E-state index is 0.200.